The lowest BCUT2D eigenvalue weighted by atomic mass is 9.95. The fourth-order valence-corrected chi connectivity index (χ4v) is 6.92. The number of alkyl halides is 3. The number of aryl methyl sites for hydroxylation is 3. The topological polar surface area (TPSA) is 21.1 Å². The lowest BCUT2D eigenvalue weighted by Gasteiger charge is -2.32. The molecule has 7 heteroatoms. The zero-order chi connectivity index (χ0) is 30.0. The van der Waals surface area contributed by atoms with Crippen molar-refractivity contribution < 1.29 is 13.2 Å². The van der Waals surface area contributed by atoms with E-state index in [9.17, 15) is 13.2 Å². The fourth-order valence-electron chi connectivity index (χ4n) is 6.62. The molecule has 0 atom stereocenters. The van der Waals surface area contributed by atoms with Crippen LogP contribution in [0.3, 0.4) is 0 Å². The number of halogens is 4. The van der Waals surface area contributed by atoms with Gasteiger partial charge in [0.15, 0.2) is 0 Å². The van der Waals surface area contributed by atoms with Crippen molar-refractivity contribution in [3.05, 3.63) is 111 Å². The largest absolute Gasteiger partial charge is 0.416 e. The van der Waals surface area contributed by atoms with Gasteiger partial charge in [0.1, 0.15) is 0 Å². The van der Waals surface area contributed by atoms with Gasteiger partial charge >= 0.3 is 6.18 Å². The third kappa shape index (κ3) is 4.60. The van der Waals surface area contributed by atoms with E-state index in [0.717, 1.165) is 63.6 Å². The highest BCUT2D eigenvalue weighted by atomic mass is 35.5. The van der Waals surface area contributed by atoms with Crippen molar-refractivity contribution in [2.24, 2.45) is 0 Å². The second-order valence-electron chi connectivity index (χ2n) is 11.9. The maximum Gasteiger partial charge on any atom is 0.416 e. The Bertz CT molecular complexity index is 1710. The Labute approximate surface area is 250 Å². The molecule has 0 N–H and O–H groups in total. The van der Waals surface area contributed by atoms with Crippen molar-refractivity contribution in [2.75, 3.05) is 0 Å². The number of benzene rings is 3. The van der Waals surface area contributed by atoms with Crippen LogP contribution in [0.5, 0.6) is 0 Å². The second-order valence-corrected chi connectivity index (χ2v) is 12.3. The Hall–Kier alpha value is -3.35. The highest BCUT2D eigenvalue weighted by molar-refractivity contribution is 6.50. The molecule has 0 spiro atoms. The predicted octanol–water partition coefficient (Wildman–Crippen LogP) is 9.38. The van der Waals surface area contributed by atoms with E-state index < -0.39 is 17.3 Å². The van der Waals surface area contributed by atoms with Gasteiger partial charge in [0.05, 0.1) is 28.2 Å². The second kappa shape index (κ2) is 10.4. The SMILES string of the molecule is CCc1cccc(CC)c1-n1nc2c(c1-c1cccc3c1C(Cl)=CC3)CN(Cc1ccc(C(F)(F)F)cc1C)C2(C)C. The van der Waals surface area contributed by atoms with E-state index in [0.29, 0.717) is 18.7 Å². The van der Waals surface area contributed by atoms with Gasteiger partial charge in [0, 0.05) is 34.8 Å². The first-order chi connectivity index (χ1) is 20.0. The van der Waals surface area contributed by atoms with Gasteiger partial charge in [-0.1, -0.05) is 74.0 Å². The van der Waals surface area contributed by atoms with Crippen LogP contribution in [0, 0.1) is 6.92 Å². The quantitative estimate of drug-likeness (QED) is 0.223. The van der Waals surface area contributed by atoms with Crippen LogP contribution in [0.2, 0.25) is 0 Å². The third-order valence-electron chi connectivity index (χ3n) is 9.06. The highest BCUT2D eigenvalue weighted by Gasteiger charge is 2.44. The highest BCUT2D eigenvalue weighted by Crippen LogP contribution is 2.48. The molecule has 0 unspecified atom stereocenters. The summed E-state index contributed by atoms with van der Waals surface area (Å²) in [6, 6.07) is 16.9. The molecule has 1 aliphatic heterocycles. The summed E-state index contributed by atoms with van der Waals surface area (Å²) in [6.07, 6.45) is 0.266. The van der Waals surface area contributed by atoms with Crippen LogP contribution in [-0.4, -0.2) is 14.7 Å². The number of nitrogens with zero attached hydrogens (tertiary/aromatic N) is 3. The molecule has 0 saturated carbocycles. The van der Waals surface area contributed by atoms with Crippen LogP contribution >= 0.6 is 11.6 Å². The lowest BCUT2D eigenvalue weighted by Crippen LogP contribution is -2.36. The molecule has 3 nitrogen and oxygen atoms in total. The zero-order valence-corrected chi connectivity index (χ0v) is 25.4. The van der Waals surface area contributed by atoms with Crippen LogP contribution in [-0.2, 0) is 44.1 Å². The minimum Gasteiger partial charge on any atom is -0.284 e. The Morgan fingerprint density at radius 1 is 0.952 bits per heavy atom. The first-order valence-corrected chi connectivity index (χ1v) is 15.0. The molecule has 0 bridgehead atoms. The summed E-state index contributed by atoms with van der Waals surface area (Å²) in [4.78, 5) is 2.32. The Morgan fingerprint density at radius 3 is 2.29 bits per heavy atom. The summed E-state index contributed by atoms with van der Waals surface area (Å²) in [5.41, 5.74) is 10.6. The molecular formula is C35H35ClF3N3. The number of hydrogen-bond acceptors (Lipinski definition) is 2. The van der Waals surface area contributed by atoms with E-state index in [1.807, 2.05) is 0 Å². The van der Waals surface area contributed by atoms with Crippen molar-refractivity contribution in [2.45, 2.75) is 78.7 Å². The zero-order valence-electron chi connectivity index (χ0n) is 24.7. The van der Waals surface area contributed by atoms with Crippen LogP contribution < -0.4 is 0 Å². The van der Waals surface area contributed by atoms with E-state index in [1.165, 1.54) is 28.8 Å². The van der Waals surface area contributed by atoms with Gasteiger partial charge < -0.3 is 0 Å². The molecule has 1 aliphatic carbocycles. The predicted molar refractivity (Wildman–Crippen MR) is 164 cm³/mol. The molecule has 6 rings (SSSR count). The average Bonchev–Trinajstić information content (AvgIpc) is 3.59. The Morgan fingerprint density at radius 2 is 1.64 bits per heavy atom. The molecule has 2 heterocycles. The van der Waals surface area contributed by atoms with E-state index in [-0.39, 0.29) is 0 Å². The number of aromatic nitrogens is 2. The van der Waals surface area contributed by atoms with Crippen molar-refractivity contribution >= 4 is 16.6 Å². The summed E-state index contributed by atoms with van der Waals surface area (Å²) in [7, 11) is 0. The maximum absolute atomic E-state index is 13.3. The fraction of sp³-hybridized carbons (Fsp3) is 0.343. The number of allylic oxidation sites excluding steroid dienone is 1. The van der Waals surface area contributed by atoms with E-state index in [4.69, 9.17) is 16.7 Å². The number of hydrogen-bond donors (Lipinski definition) is 0. The monoisotopic (exact) mass is 589 g/mol. The van der Waals surface area contributed by atoms with Gasteiger partial charge in [-0.05, 0) is 80.0 Å². The standard InChI is InChI=1S/C35H35ClF3N3/c1-6-22-10-8-11-23(7-2)31(22)42-32(27-13-9-12-24-15-17-29(36)30(24)27)28-20-41(34(4,5)33(28)40-42)19-25-14-16-26(18-21(25)3)35(37,38)39/h8-14,16-18H,6-7,15,19-20H2,1-5H3. The van der Waals surface area contributed by atoms with Crippen LogP contribution in [0.4, 0.5) is 13.2 Å². The summed E-state index contributed by atoms with van der Waals surface area (Å²) < 4.78 is 42.2. The van der Waals surface area contributed by atoms with Crippen LogP contribution in [0.15, 0.2) is 60.7 Å². The summed E-state index contributed by atoms with van der Waals surface area (Å²) >= 11 is 6.83. The first-order valence-electron chi connectivity index (χ1n) is 14.6. The molecule has 0 fully saturated rings. The van der Waals surface area contributed by atoms with Crippen molar-refractivity contribution in [3.63, 3.8) is 0 Å². The Kier molecular flexibility index (Phi) is 7.14. The molecule has 4 aromatic rings. The van der Waals surface area contributed by atoms with Gasteiger partial charge in [-0.15, -0.1) is 0 Å². The molecule has 1 aromatic heterocycles. The summed E-state index contributed by atoms with van der Waals surface area (Å²) in [5, 5.41) is 6.14. The molecule has 0 saturated heterocycles. The molecular weight excluding hydrogens is 555 g/mol. The normalized spacial score (nSPS) is 16.1. The smallest absolute Gasteiger partial charge is 0.284 e. The van der Waals surface area contributed by atoms with Gasteiger partial charge in [-0.25, -0.2) is 4.68 Å². The van der Waals surface area contributed by atoms with E-state index in [2.05, 4.69) is 79.8 Å². The summed E-state index contributed by atoms with van der Waals surface area (Å²) in [6.45, 7) is 11.6. The molecule has 218 valence electrons. The van der Waals surface area contributed by atoms with Crippen LogP contribution in [0.1, 0.15) is 77.9 Å². The lowest BCUT2D eigenvalue weighted by molar-refractivity contribution is -0.137. The minimum atomic E-state index is -4.36. The van der Waals surface area contributed by atoms with Gasteiger partial charge in [-0.2, -0.15) is 18.3 Å². The minimum absolute atomic E-state index is 0.449. The van der Waals surface area contributed by atoms with Crippen molar-refractivity contribution in [1.29, 1.82) is 0 Å². The average molecular weight is 590 g/mol. The molecule has 0 radical (unpaired) electrons. The number of para-hydroxylation sites is 1. The van der Waals surface area contributed by atoms with Crippen molar-refractivity contribution in [3.8, 4) is 16.9 Å². The first kappa shape index (κ1) is 28.8. The molecule has 2 aliphatic rings. The van der Waals surface area contributed by atoms with Crippen LogP contribution in [0.25, 0.3) is 22.0 Å². The number of rotatable bonds is 6. The number of fused-ring (bicyclic) bond motifs is 2. The molecule has 42 heavy (non-hydrogen) atoms. The van der Waals surface area contributed by atoms with E-state index >= 15 is 0 Å². The molecule has 3 aromatic carbocycles. The van der Waals surface area contributed by atoms with Crippen molar-refractivity contribution in [1.82, 2.24) is 14.7 Å². The Balaban J connectivity index is 1.52. The summed E-state index contributed by atoms with van der Waals surface area (Å²) in [5.74, 6) is 0. The van der Waals surface area contributed by atoms with Gasteiger partial charge in [0.25, 0.3) is 0 Å². The van der Waals surface area contributed by atoms with Gasteiger partial charge in [0.2, 0.25) is 0 Å². The van der Waals surface area contributed by atoms with E-state index in [1.54, 1.807) is 13.0 Å². The van der Waals surface area contributed by atoms with Gasteiger partial charge in [-0.3, -0.25) is 4.90 Å². The molecule has 0 amide bonds. The maximum atomic E-state index is 13.3. The third-order valence-corrected chi connectivity index (χ3v) is 9.40.